The third-order valence-electron chi connectivity index (χ3n) is 2.43. The molecule has 0 amide bonds. The zero-order valence-electron chi connectivity index (χ0n) is 6.89. The summed E-state index contributed by atoms with van der Waals surface area (Å²) in [6.45, 7) is 0. The molecule has 0 bridgehead atoms. The molecule has 0 aliphatic heterocycles. The van der Waals surface area contributed by atoms with E-state index in [-0.39, 0.29) is 0 Å². The monoisotopic (exact) mass is 181 g/mol. The van der Waals surface area contributed by atoms with E-state index in [9.17, 15) is 0 Å². The summed E-state index contributed by atoms with van der Waals surface area (Å²) in [6, 6.07) is 6.44. The Hall–Kier alpha value is -0.530. The summed E-state index contributed by atoms with van der Waals surface area (Å²) in [5.41, 5.74) is 8.61. The number of hydrogen-bond donors (Lipinski definition) is 1. The highest BCUT2D eigenvalue weighted by molar-refractivity contribution is 6.30. The van der Waals surface area contributed by atoms with Crippen molar-refractivity contribution in [2.45, 2.75) is 25.3 Å². The van der Waals surface area contributed by atoms with E-state index in [0.29, 0.717) is 6.04 Å². The molecule has 12 heavy (non-hydrogen) atoms. The molecule has 2 heteroatoms. The zero-order valence-corrected chi connectivity index (χ0v) is 7.64. The van der Waals surface area contributed by atoms with E-state index in [2.05, 4.69) is 6.07 Å². The lowest BCUT2D eigenvalue weighted by molar-refractivity contribution is 0.576. The summed E-state index contributed by atoms with van der Waals surface area (Å²) in [4.78, 5) is 0. The molecule has 1 aromatic carbocycles. The van der Waals surface area contributed by atoms with Crippen LogP contribution in [-0.4, -0.2) is 6.04 Å². The van der Waals surface area contributed by atoms with Gasteiger partial charge in [-0.2, -0.15) is 0 Å². The van der Waals surface area contributed by atoms with Gasteiger partial charge in [0.25, 0.3) is 0 Å². The molecule has 0 aromatic heterocycles. The van der Waals surface area contributed by atoms with E-state index in [0.717, 1.165) is 24.3 Å². The summed E-state index contributed by atoms with van der Waals surface area (Å²) < 4.78 is 0. The topological polar surface area (TPSA) is 26.0 Å². The van der Waals surface area contributed by atoms with Crippen molar-refractivity contribution in [2.75, 3.05) is 0 Å². The van der Waals surface area contributed by atoms with Crippen molar-refractivity contribution in [3.05, 3.63) is 34.3 Å². The minimum Gasteiger partial charge on any atom is -0.327 e. The first-order valence-electron chi connectivity index (χ1n) is 4.28. The van der Waals surface area contributed by atoms with E-state index in [1.54, 1.807) is 0 Å². The molecule has 64 valence electrons. The average molecular weight is 182 g/mol. The maximum Gasteiger partial charge on any atom is 0.0408 e. The van der Waals surface area contributed by atoms with E-state index in [1.807, 2.05) is 12.1 Å². The summed E-state index contributed by atoms with van der Waals surface area (Å²) in [6.07, 6.45) is 3.19. The smallest absolute Gasteiger partial charge is 0.0408 e. The Morgan fingerprint density at radius 1 is 1.33 bits per heavy atom. The molecule has 1 aliphatic rings. The normalized spacial score (nSPS) is 22.0. The number of rotatable bonds is 0. The Labute approximate surface area is 77.5 Å². The quantitative estimate of drug-likeness (QED) is 0.652. The van der Waals surface area contributed by atoms with Crippen molar-refractivity contribution < 1.29 is 0 Å². The van der Waals surface area contributed by atoms with Crippen LogP contribution in [0.4, 0.5) is 0 Å². The summed E-state index contributed by atoms with van der Waals surface area (Å²) >= 11 is 5.88. The number of nitrogens with two attached hydrogens (primary N) is 1. The highest BCUT2D eigenvalue weighted by atomic mass is 35.5. The summed E-state index contributed by atoms with van der Waals surface area (Å²) in [5, 5.41) is 0.822. The molecule has 1 aliphatic carbocycles. The second kappa shape index (κ2) is 3.08. The molecule has 0 heterocycles. The Kier molecular flexibility index (Phi) is 2.07. The van der Waals surface area contributed by atoms with Gasteiger partial charge in [0.1, 0.15) is 0 Å². The summed E-state index contributed by atoms with van der Waals surface area (Å²) in [5.74, 6) is 0. The van der Waals surface area contributed by atoms with Crippen LogP contribution in [0.2, 0.25) is 5.02 Å². The maximum absolute atomic E-state index is 5.88. The molecule has 2 N–H and O–H groups in total. The van der Waals surface area contributed by atoms with Gasteiger partial charge in [-0.25, -0.2) is 0 Å². The van der Waals surface area contributed by atoms with Crippen molar-refractivity contribution >= 4 is 11.6 Å². The van der Waals surface area contributed by atoms with Crippen LogP contribution in [0, 0.1) is 0 Å². The van der Waals surface area contributed by atoms with Gasteiger partial charge in [-0.1, -0.05) is 17.7 Å². The van der Waals surface area contributed by atoms with E-state index in [1.165, 1.54) is 11.1 Å². The number of aryl methyl sites for hydroxylation is 1. The van der Waals surface area contributed by atoms with Crippen LogP contribution in [-0.2, 0) is 12.8 Å². The molecule has 0 fully saturated rings. The largest absolute Gasteiger partial charge is 0.327 e. The molecule has 0 spiro atoms. The average Bonchev–Trinajstić information content (AvgIpc) is 2.03. The maximum atomic E-state index is 5.88. The molecule has 0 saturated carbocycles. The van der Waals surface area contributed by atoms with Crippen LogP contribution >= 0.6 is 11.6 Å². The van der Waals surface area contributed by atoms with E-state index >= 15 is 0 Å². The van der Waals surface area contributed by atoms with Gasteiger partial charge in [-0.05, 0) is 42.5 Å². The van der Waals surface area contributed by atoms with Crippen molar-refractivity contribution in [1.82, 2.24) is 0 Å². The second-order valence-electron chi connectivity index (χ2n) is 3.42. The highest BCUT2D eigenvalue weighted by Crippen LogP contribution is 2.23. The predicted octanol–water partition coefficient (Wildman–Crippen LogP) is 2.16. The molecule has 1 atom stereocenters. The van der Waals surface area contributed by atoms with Gasteiger partial charge in [0.05, 0.1) is 0 Å². The van der Waals surface area contributed by atoms with Crippen molar-refractivity contribution in [3.8, 4) is 0 Å². The first-order valence-corrected chi connectivity index (χ1v) is 4.66. The van der Waals surface area contributed by atoms with Gasteiger partial charge in [-0.3, -0.25) is 0 Å². The number of hydrogen-bond acceptors (Lipinski definition) is 1. The van der Waals surface area contributed by atoms with Crippen molar-refractivity contribution in [3.63, 3.8) is 0 Å². The van der Waals surface area contributed by atoms with Gasteiger partial charge < -0.3 is 5.73 Å². The lowest BCUT2D eigenvalue weighted by Crippen LogP contribution is -2.27. The van der Waals surface area contributed by atoms with Crippen LogP contribution in [0.15, 0.2) is 18.2 Å². The lowest BCUT2D eigenvalue weighted by atomic mass is 9.89. The molecular weight excluding hydrogens is 170 g/mol. The minimum atomic E-state index is 0.330. The lowest BCUT2D eigenvalue weighted by Gasteiger charge is -2.21. The zero-order chi connectivity index (χ0) is 8.55. The van der Waals surface area contributed by atoms with Crippen molar-refractivity contribution in [1.29, 1.82) is 0 Å². The van der Waals surface area contributed by atoms with Crippen LogP contribution in [0.3, 0.4) is 0 Å². The molecule has 2 rings (SSSR count). The van der Waals surface area contributed by atoms with Crippen LogP contribution in [0.1, 0.15) is 17.5 Å². The fourth-order valence-corrected chi connectivity index (χ4v) is 1.95. The van der Waals surface area contributed by atoms with Gasteiger partial charge in [0.15, 0.2) is 0 Å². The molecule has 0 radical (unpaired) electrons. The summed E-state index contributed by atoms with van der Waals surface area (Å²) in [7, 11) is 0. The Morgan fingerprint density at radius 2 is 2.17 bits per heavy atom. The van der Waals surface area contributed by atoms with Crippen LogP contribution in [0.5, 0.6) is 0 Å². The Bertz CT molecular complexity index is 296. The first kappa shape index (κ1) is 8.09. The fraction of sp³-hybridized carbons (Fsp3) is 0.400. The third-order valence-corrected chi connectivity index (χ3v) is 2.67. The first-order chi connectivity index (χ1) is 5.75. The standard InChI is InChI=1S/C10H12ClN/c11-9-3-1-7-2-4-10(12)6-8(7)5-9/h1,3,5,10H,2,4,6,12H2/t10-/m1/s1. The minimum absolute atomic E-state index is 0.330. The van der Waals surface area contributed by atoms with E-state index in [4.69, 9.17) is 17.3 Å². The molecular formula is C10H12ClN. The molecule has 1 aromatic rings. The van der Waals surface area contributed by atoms with E-state index < -0.39 is 0 Å². The number of benzene rings is 1. The predicted molar refractivity (Wildman–Crippen MR) is 51.5 cm³/mol. The van der Waals surface area contributed by atoms with Crippen LogP contribution < -0.4 is 5.73 Å². The van der Waals surface area contributed by atoms with Gasteiger partial charge >= 0.3 is 0 Å². The Morgan fingerprint density at radius 3 is 3.00 bits per heavy atom. The molecule has 0 saturated heterocycles. The second-order valence-corrected chi connectivity index (χ2v) is 3.85. The van der Waals surface area contributed by atoms with Gasteiger partial charge in [-0.15, -0.1) is 0 Å². The number of halogens is 1. The Balaban J connectivity index is 2.37. The molecule has 0 unspecified atom stereocenters. The van der Waals surface area contributed by atoms with Crippen molar-refractivity contribution in [2.24, 2.45) is 5.73 Å². The van der Waals surface area contributed by atoms with Gasteiger partial charge in [0.2, 0.25) is 0 Å². The molecule has 1 nitrogen and oxygen atoms in total. The van der Waals surface area contributed by atoms with Gasteiger partial charge in [0, 0.05) is 11.1 Å². The third kappa shape index (κ3) is 1.47. The SMILES string of the molecule is N[C@@H]1CCc2ccc(Cl)cc2C1. The highest BCUT2D eigenvalue weighted by Gasteiger charge is 2.14. The number of fused-ring (bicyclic) bond motifs is 1. The van der Waals surface area contributed by atoms with Crippen LogP contribution in [0.25, 0.3) is 0 Å². The fourth-order valence-electron chi connectivity index (χ4n) is 1.75.